The van der Waals surface area contributed by atoms with E-state index >= 15 is 0 Å². The molecule has 0 atom stereocenters. The van der Waals surface area contributed by atoms with Gasteiger partial charge in [-0.25, -0.2) is 5.43 Å². The van der Waals surface area contributed by atoms with Crippen LogP contribution in [0.3, 0.4) is 0 Å². The van der Waals surface area contributed by atoms with Crippen LogP contribution in [0.2, 0.25) is 5.02 Å². The summed E-state index contributed by atoms with van der Waals surface area (Å²) < 4.78 is 4.97. The number of rotatable bonds is 6. The molecule has 0 heterocycles. The summed E-state index contributed by atoms with van der Waals surface area (Å²) in [6, 6.07) is 10.9. The van der Waals surface area contributed by atoms with Crippen LogP contribution in [0.15, 0.2) is 47.6 Å². The number of benzene rings is 2. The second kappa shape index (κ2) is 8.70. The Morgan fingerprint density at radius 3 is 2.64 bits per heavy atom. The Kier molecular flexibility index (Phi) is 6.36. The Morgan fingerprint density at radius 1 is 1.24 bits per heavy atom. The molecule has 8 heteroatoms. The Bertz CT molecular complexity index is 791. The van der Waals surface area contributed by atoms with E-state index in [-0.39, 0.29) is 18.2 Å². The van der Waals surface area contributed by atoms with E-state index in [9.17, 15) is 14.7 Å². The van der Waals surface area contributed by atoms with Crippen LogP contribution in [0.25, 0.3) is 0 Å². The number of phenolic OH excluding ortho intramolecular Hbond substituents is 1. The van der Waals surface area contributed by atoms with Crippen molar-refractivity contribution in [3.05, 3.63) is 58.6 Å². The molecule has 0 aromatic heterocycles. The lowest BCUT2D eigenvalue weighted by Crippen LogP contribution is -2.34. The van der Waals surface area contributed by atoms with Gasteiger partial charge in [0, 0.05) is 10.6 Å². The normalized spacial score (nSPS) is 10.5. The monoisotopic (exact) mass is 361 g/mol. The van der Waals surface area contributed by atoms with Gasteiger partial charge in [-0.2, -0.15) is 5.10 Å². The molecule has 7 nitrogen and oxygen atoms in total. The van der Waals surface area contributed by atoms with E-state index in [1.807, 2.05) is 0 Å². The number of nitrogens with one attached hydrogen (secondary N) is 2. The summed E-state index contributed by atoms with van der Waals surface area (Å²) in [6.07, 6.45) is 1.39. The molecule has 3 N–H and O–H groups in total. The number of methoxy groups -OCH3 is 1. The van der Waals surface area contributed by atoms with E-state index in [1.165, 1.54) is 19.4 Å². The number of nitrogens with zero attached hydrogens (tertiary/aromatic N) is 1. The summed E-state index contributed by atoms with van der Waals surface area (Å²) in [4.78, 5) is 23.5. The standard InChI is InChI=1S/C17H16ClN3O4/c1-25-15-8-11(2-7-14(15)22)9-20-21-16(23)10-19-17(24)12-3-5-13(18)6-4-12/h2-9,22H,10H2,1H3,(H,19,24)(H,21,23)/b20-9+. The molecule has 0 fully saturated rings. The number of phenols is 1. The third kappa shape index (κ3) is 5.50. The minimum Gasteiger partial charge on any atom is -0.504 e. The zero-order valence-corrected chi connectivity index (χ0v) is 14.1. The van der Waals surface area contributed by atoms with Crippen LogP contribution in [-0.2, 0) is 4.79 Å². The highest BCUT2D eigenvalue weighted by molar-refractivity contribution is 6.30. The third-order valence-corrected chi connectivity index (χ3v) is 3.37. The molecule has 0 aliphatic rings. The van der Waals surface area contributed by atoms with Gasteiger partial charge in [0.05, 0.1) is 19.9 Å². The Morgan fingerprint density at radius 2 is 1.96 bits per heavy atom. The Balaban J connectivity index is 1.82. The average molecular weight is 362 g/mol. The zero-order chi connectivity index (χ0) is 18.2. The van der Waals surface area contributed by atoms with Crippen molar-refractivity contribution >= 4 is 29.6 Å². The molecule has 0 aliphatic heterocycles. The van der Waals surface area contributed by atoms with Crippen LogP contribution in [0.1, 0.15) is 15.9 Å². The van der Waals surface area contributed by atoms with Crippen molar-refractivity contribution < 1.29 is 19.4 Å². The van der Waals surface area contributed by atoms with Crippen molar-refractivity contribution in [2.75, 3.05) is 13.7 Å². The molecule has 0 saturated heterocycles. The largest absolute Gasteiger partial charge is 0.504 e. The summed E-state index contributed by atoms with van der Waals surface area (Å²) in [5, 5.41) is 16.3. The van der Waals surface area contributed by atoms with Gasteiger partial charge in [-0.3, -0.25) is 9.59 Å². The molecule has 0 bridgehead atoms. The van der Waals surface area contributed by atoms with E-state index in [2.05, 4.69) is 15.8 Å². The first-order valence-corrected chi connectivity index (χ1v) is 7.60. The first kappa shape index (κ1) is 18.3. The van der Waals surface area contributed by atoms with Gasteiger partial charge in [-0.1, -0.05) is 11.6 Å². The molecular weight excluding hydrogens is 346 g/mol. The smallest absolute Gasteiger partial charge is 0.259 e. The number of hydrogen-bond acceptors (Lipinski definition) is 5. The van der Waals surface area contributed by atoms with Crippen LogP contribution >= 0.6 is 11.6 Å². The minimum absolute atomic E-state index is 0.00796. The number of carbonyl (C=O) groups excluding carboxylic acids is 2. The average Bonchev–Trinajstić information content (AvgIpc) is 2.61. The van der Waals surface area contributed by atoms with Crippen LogP contribution < -0.4 is 15.5 Å². The highest BCUT2D eigenvalue weighted by atomic mass is 35.5. The van der Waals surface area contributed by atoms with Crippen LogP contribution in [0, 0.1) is 0 Å². The maximum Gasteiger partial charge on any atom is 0.259 e. The first-order chi connectivity index (χ1) is 12.0. The lowest BCUT2D eigenvalue weighted by molar-refractivity contribution is -0.120. The van der Waals surface area contributed by atoms with Crippen molar-refractivity contribution in [1.29, 1.82) is 0 Å². The summed E-state index contributed by atoms with van der Waals surface area (Å²) in [5.41, 5.74) is 3.32. The fourth-order valence-electron chi connectivity index (χ4n) is 1.86. The Labute approximate surface area is 149 Å². The molecule has 0 radical (unpaired) electrons. The topological polar surface area (TPSA) is 100 Å². The van der Waals surface area contributed by atoms with Crippen molar-refractivity contribution in [2.45, 2.75) is 0 Å². The summed E-state index contributed by atoms with van der Waals surface area (Å²) in [7, 11) is 1.43. The van der Waals surface area contributed by atoms with Gasteiger partial charge in [-0.05, 0) is 48.0 Å². The fraction of sp³-hybridized carbons (Fsp3) is 0.118. The quantitative estimate of drug-likeness (QED) is 0.540. The summed E-state index contributed by atoms with van der Waals surface area (Å²) in [5.74, 6) is -0.567. The molecule has 2 rings (SSSR count). The predicted octanol–water partition coefficient (Wildman–Crippen LogP) is 1.93. The van der Waals surface area contributed by atoms with Crippen LogP contribution in [0.4, 0.5) is 0 Å². The number of carbonyl (C=O) groups is 2. The number of amides is 2. The second-order valence-electron chi connectivity index (χ2n) is 4.91. The minimum atomic E-state index is -0.482. The number of hydrazone groups is 1. The maximum atomic E-state index is 11.8. The van der Waals surface area contributed by atoms with Crippen LogP contribution in [0.5, 0.6) is 11.5 Å². The molecular formula is C17H16ClN3O4. The molecule has 0 spiro atoms. The molecule has 25 heavy (non-hydrogen) atoms. The number of hydrogen-bond donors (Lipinski definition) is 3. The zero-order valence-electron chi connectivity index (χ0n) is 13.3. The Hall–Kier alpha value is -3.06. The van der Waals surface area contributed by atoms with Crippen molar-refractivity contribution in [3.63, 3.8) is 0 Å². The van der Waals surface area contributed by atoms with Gasteiger partial charge >= 0.3 is 0 Å². The van der Waals surface area contributed by atoms with Crippen LogP contribution in [-0.4, -0.2) is 36.8 Å². The molecule has 2 aromatic carbocycles. The summed E-state index contributed by atoms with van der Waals surface area (Å²) in [6.45, 7) is -0.225. The second-order valence-corrected chi connectivity index (χ2v) is 5.35. The van der Waals surface area contributed by atoms with Gasteiger partial charge < -0.3 is 15.2 Å². The van der Waals surface area contributed by atoms with E-state index in [1.54, 1.807) is 36.4 Å². The number of aromatic hydroxyl groups is 1. The highest BCUT2D eigenvalue weighted by Gasteiger charge is 2.07. The van der Waals surface area contributed by atoms with Crippen molar-refractivity contribution in [2.24, 2.45) is 5.10 Å². The van der Waals surface area contributed by atoms with E-state index < -0.39 is 5.91 Å². The molecule has 2 aromatic rings. The molecule has 0 saturated carbocycles. The predicted molar refractivity (Wildman–Crippen MR) is 94.2 cm³/mol. The third-order valence-electron chi connectivity index (χ3n) is 3.12. The van der Waals surface area contributed by atoms with Gasteiger partial charge in [0.2, 0.25) is 0 Å². The van der Waals surface area contributed by atoms with E-state index in [0.717, 1.165) is 0 Å². The lowest BCUT2D eigenvalue weighted by atomic mass is 10.2. The van der Waals surface area contributed by atoms with Gasteiger partial charge in [-0.15, -0.1) is 0 Å². The SMILES string of the molecule is COc1cc(/C=N/NC(=O)CNC(=O)c2ccc(Cl)cc2)ccc1O. The molecule has 0 aliphatic carbocycles. The van der Waals surface area contributed by atoms with Gasteiger partial charge in [0.25, 0.3) is 11.8 Å². The maximum absolute atomic E-state index is 11.8. The van der Waals surface area contributed by atoms with E-state index in [0.29, 0.717) is 21.9 Å². The summed E-state index contributed by atoms with van der Waals surface area (Å²) >= 11 is 5.75. The lowest BCUT2D eigenvalue weighted by Gasteiger charge is -2.05. The molecule has 2 amide bonds. The highest BCUT2D eigenvalue weighted by Crippen LogP contribution is 2.25. The molecule has 130 valence electrons. The van der Waals surface area contributed by atoms with Gasteiger partial charge in [0.1, 0.15) is 0 Å². The fourth-order valence-corrected chi connectivity index (χ4v) is 1.98. The first-order valence-electron chi connectivity index (χ1n) is 7.22. The van der Waals surface area contributed by atoms with Crippen molar-refractivity contribution in [1.82, 2.24) is 10.7 Å². The number of halogens is 1. The number of ether oxygens (including phenoxy) is 1. The van der Waals surface area contributed by atoms with E-state index in [4.69, 9.17) is 16.3 Å². The van der Waals surface area contributed by atoms with Gasteiger partial charge in [0.15, 0.2) is 11.5 Å². The molecule has 0 unspecified atom stereocenters. The van der Waals surface area contributed by atoms with Crippen molar-refractivity contribution in [3.8, 4) is 11.5 Å².